The van der Waals surface area contributed by atoms with E-state index >= 15 is 0 Å². The minimum absolute atomic E-state index is 0.0626. The first-order chi connectivity index (χ1) is 15.9. The van der Waals surface area contributed by atoms with Gasteiger partial charge in [-0.2, -0.15) is 5.10 Å². The Morgan fingerprint density at radius 2 is 1.88 bits per heavy atom. The highest BCUT2D eigenvalue weighted by molar-refractivity contribution is 6.00. The lowest BCUT2D eigenvalue weighted by atomic mass is 10.0. The predicted octanol–water partition coefficient (Wildman–Crippen LogP) is 5.76. The molecule has 1 aliphatic rings. The molecule has 0 spiro atoms. The molecule has 33 heavy (non-hydrogen) atoms. The third kappa shape index (κ3) is 3.75. The van der Waals surface area contributed by atoms with E-state index in [4.69, 9.17) is 0 Å². The van der Waals surface area contributed by atoms with Crippen molar-refractivity contribution in [2.45, 2.75) is 32.2 Å². The van der Waals surface area contributed by atoms with Crippen LogP contribution < -0.4 is 0 Å². The Morgan fingerprint density at radius 1 is 1.12 bits per heavy atom. The fourth-order valence-electron chi connectivity index (χ4n) is 4.40. The van der Waals surface area contributed by atoms with Crippen molar-refractivity contribution >= 4 is 11.6 Å². The van der Waals surface area contributed by atoms with Crippen molar-refractivity contribution in [1.29, 1.82) is 0 Å². The van der Waals surface area contributed by atoms with Crippen LogP contribution >= 0.6 is 0 Å². The molecule has 0 radical (unpaired) electrons. The van der Waals surface area contributed by atoms with Crippen molar-refractivity contribution in [2.24, 2.45) is 0 Å². The average molecular weight is 450 g/mol. The number of carbonyl (C=O) groups excluding carboxylic acids is 1. The number of rotatable bonds is 4. The number of amides is 1. The number of likely N-dealkylation sites (tertiary alicyclic amines) is 1. The number of benzene rings is 2. The largest absolute Gasteiger partial charge is 0.331 e. The summed E-state index contributed by atoms with van der Waals surface area (Å²) in [5, 5.41) is 4.05. The number of halogens is 3. The van der Waals surface area contributed by atoms with Crippen molar-refractivity contribution < 1.29 is 18.0 Å². The molecule has 3 heterocycles. The molecule has 2 aromatic carbocycles. The van der Waals surface area contributed by atoms with Crippen LogP contribution in [0, 0.1) is 12.7 Å². The summed E-state index contributed by atoms with van der Waals surface area (Å²) in [5.74, 6) is -0.772. The van der Waals surface area contributed by atoms with Gasteiger partial charge in [0.1, 0.15) is 17.1 Å². The zero-order valence-corrected chi connectivity index (χ0v) is 17.9. The van der Waals surface area contributed by atoms with Crippen LogP contribution in [0.4, 0.5) is 13.2 Å². The molecule has 0 saturated carbocycles. The van der Waals surface area contributed by atoms with Gasteiger partial charge in [-0.15, -0.1) is 0 Å². The molecule has 8 heteroatoms. The summed E-state index contributed by atoms with van der Waals surface area (Å²) in [7, 11) is 0. The Morgan fingerprint density at radius 3 is 2.61 bits per heavy atom. The molecule has 1 aliphatic heterocycles. The van der Waals surface area contributed by atoms with Crippen molar-refractivity contribution in [3.05, 3.63) is 89.0 Å². The van der Waals surface area contributed by atoms with Crippen LogP contribution in [0.2, 0.25) is 0 Å². The first-order valence-corrected chi connectivity index (χ1v) is 10.7. The molecule has 4 aromatic rings. The highest BCUT2D eigenvalue weighted by atomic mass is 19.3. The number of fused-ring (bicyclic) bond motifs is 1. The maximum Gasteiger partial charge on any atom is 0.280 e. The van der Waals surface area contributed by atoms with Crippen LogP contribution in [0.15, 0.2) is 60.8 Å². The second-order valence-corrected chi connectivity index (χ2v) is 8.20. The fraction of sp³-hybridized carbons (Fsp3) is 0.240. The second kappa shape index (κ2) is 8.35. The normalized spacial score (nSPS) is 16.2. The molecule has 0 bridgehead atoms. The zero-order valence-electron chi connectivity index (χ0n) is 17.9. The van der Waals surface area contributed by atoms with Crippen LogP contribution in [0.25, 0.3) is 16.9 Å². The van der Waals surface area contributed by atoms with E-state index < -0.39 is 18.4 Å². The average Bonchev–Trinajstić information content (AvgIpc) is 3.46. The van der Waals surface area contributed by atoms with E-state index in [1.807, 2.05) is 19.1 Å². The number of carbonyl (C=O) groups is 1. The number of aryl methyl sites for hydroxylation is 1. The van der Waals surface area contributed by atoms with E-state index in [-0.39, 0.29) is 22.7 Å². The predicted molar refractivity (Wildman–Crippen MR) is 118 cm³/mol. The second-order valence-electron chi connectivity index (χ2n) is 8.20. The maximum atomic E-state index is 14.4. The fourth-order valence-corrected chi connectivity index (χ4v) is 4.40. The number of hydrogen-bond donors (Lipinski definition) is 0. The van der Waals surface area contributed by atoms with Gasteiger partial charge in [0.2, 0.25) is 0 Å². The van der Waals surface area contributed by atoms with Gasteiger partial charge >= 0.3 is 0 Å². The summed E-state index contributed by atoms with van der Waals surface area (Å²) in [6.07, 6.45) is -0.197. The van der Waals surface area contributed by atoms with Crippen LogP contribution in [0.5, 0.6) is 0 Å². The van der Waals surface area contributed by atoms with Crippen LogP contribution in [-0.4, -0.2) is 31.9 Å². The van der Waals surface area contributed by atoms with E-state index in [1.165, 1.54) is 18.3 Å². The van der Waals surface area contributed by atoms with Gasteiger partial charge in [-0.1, -0.05) is 48.0 Å². The quantitative estimate of drug-likeness (QED) is 0.397. The van der Waals surface area contributed by atoms with Crippen molar-refractivity contribution in [3.63, 3.8) is 0 Å². The molecule has 5 nitrogen and oxygen atoms in total. The lowest BCUT2D eigenvalue weighted by molar-refractivity contribution is 0.0735. The standard InChI is InChI=1S/C25H21F3N4O/c1-15-8-10-16(11-9-15)20-13-22(23(27)28)32-24(30-20)18(14-29-32)25(33)31-12-4-7-21(31)17-5-2-3-6-19(17)26/h2-3,5-6,8-11,13-14,21,23H,4,7,12H2,1H3/t21-/m0/s1. The number of hydrogen-bond acceptors (Lipinski definition) is 3. The molecule has 1 amide bonds. The molecule has 0 aliphatic carbocycles. The van der Waals surface area contributed by atoms with Gasteiger partial charge in [-0.3, -0.25) is 4.79 Å². The summed E-state index contributed by atoms with van der Waals surface area (Å²) >= 11 is 0. The molecular formula is C25H21F3N4O. The van der Waals surface area contributed by atoms with E-state index in [2.05, 4.69) is 10.1 Å². The molecule has 5 rings (SSSR count). The molecular weight excluding hydrogens is 429 g/mol. The lowest BCUT2D eigenvalue weighted by Crippen LogP contribution is -2.31. The molecule has 0 unspecified atom stereocenters. The van der Waals surface area contributed by atoms with E-state index in [0.29, 0.717) is 36.2 Å². The van der Waals surface area contributed by atoms with Gasteiger partial charge in [-0.05, 0) is 31.9 Å². The van der Waals surface area contributed by atoms with Crippen molar-refractivity contribution in [1.82, 2.24) is 19.5 Å². The summed E-state index contributed by atoms with van der Waals surface area (Å²) < 4.78 is 43.2. The van der Waals surface area contributed by atoms with Gasteiger partial charge in [0.25, 0.3) is 12.3 Å². The van der Waals surface area contributed by atoms with E-state index in [0.717, 1.165) is 10.1 Å². The number of alkyl halides is 2. The SMILES string of the molecule is Cc1ccc(-c2cc(C(F)F)n3ncc(C(=O)N4CCC[C@H]4c4ccccc4F)c3n2)cc1. The topological polar surface area (TPSA) is 50.5 Å². The smallest absolute Gasteiger partial charge is 0.280 e. The number of nitrogens with zero attached hydrogens (tertiary/aromatic N) is 4. The Bertz CT molecular complexity index is 1330. The monoisotopic (exact) mass is 450 g/mol. The molecule has 0 N–H and O–H groups in total. The van der Waals surface area contributed by atoms with Crippen LogP contribution in [0.1, 0.15) is 52.5 Å². The van der Waals surface area contributed by atoms with Crippen LogP contribution in [0.3, 0.4) is 0 Å². The highest BCUT2D eigenvalue weighted by Crippen LogP contribution is 2.35. The molecule has 2 aromatic heterocycles. The Labute approximate surface area is 188 Å². The summed E-state index contributed by atoms with van der Waals surface area (Å²) in [4.78, 5) is 19.6. The summed E-state index contributed by atoms with van der Waals surface area (Å²) in [6, 6.07) is 14.6. The summed E-state index contributed by atoms with van der Waals surface area (Å²) in [5.41, 5.74) is 2.31. The van der Waals surface area contributed by atoms with E-state index in [1.54, 1.807) is 35.2 Å². The zero-order chi connectivity index (χ0) is 23.1. The molecule has 168 valence electrons. The highest BCUT2D eigenvalue weighted by Gasteiger charge is 2.34. The van der Waals surface area contributed by atoms with Crippen molar-refractivity contribution in [3.8, 4) is 11.3 Å². The molecule has 1 atom stereocenters. The Balaban J connectivity index is 1.60. The minimum Gasteiger partial charge on any atom is -0.331 e. The van der Waals surface area contributed by atoms with Gasteiger partial charge in [0, 0.05) is 17.7 Å². The van der Waals surface area contributed by atoms with E-state index in [9.17, 15) is 18.0 Å². The summed E-state index contributed by atoms with van der Waals surface area (Å²) in [6.45, 7) is 2.37. The first-order valence-electron chi connectivity index (χ1n) is 10.7. The Kier molecular flexibility index (Phi) is 5.36. The first kappa shape index (κ1) is 21.2. The molecule has 1 saturated heterocycles. The van der Waals surface area contributed by atoms with Gasteiger partial charge < -0.3 is 4.90 Å². The molecule has 1 fully saturated rings. The third-order valence-electron chi connectivity index (χ3n) is 6.08. The van der Waals surface area contributed by atoms with Crippen LogP contribution in [-0.2, 0) is 0 Å². The number of aromatic nitrogens is 3. The van der Waals surface area contributed by atoms with Crippen molar-refractivity contribution in [2.75, 3.05) is 6.54 Å². The van der Waals surface area contributed by atoms with Gasteiger partial charge in [-0.25, -0.2) is 22.7 Å². The maximum absolute atomic E-state index is 14.4. The lowest BCUT2D eigenvalue weighted by Gasteiger charge is -2.25. The van der Waals surface area contributed by atoms with Gasteiger partial charge in [0.05, 0.1) is 17.9 Å². The van der Waals surface area contributed by atoms with Gasteiger partial charge in [0.15, 0.2) is 5.65 Å². The third-order valence-corrected chi connectivity index (χ3v) is 6.08. The Hall–Kier alpha value is -3.68. The minimum atomic E-state index is -2.81.